The van der Waals surface area contributed by atoms with E-state index in [9.17, 15) is 19.1 Å². The van der Waals surface area contributed by atoms with Crippen LogP contribution in [0, 0.1) is 5.82 Å². The Morgan fingerprint density at radius 3 is 2.41 bits per heavy atom. The zero-order chi connectivity index (χ0) is 25.0. The van der Waals surface area contributed by atoms with Crippen molar-refractivity contribution in [2.75, 3.05) is 25.0 Å². The monoisotopic (exact) mass is 467 g/mol. The second kappa shape index (κ2) is 13.3. The Bertz CT molecular complexity index is 1080. The molecule has 0 aliphatic rings. The van der Waals surface area contributed by atoms with E-state index in [2.05, 4.69) is 22.5 Å². The van der Waals surface area contributed by atoms with Gasteiger partial charge in [0.1, 0.15) is 11.5 Å². The Morgan fingerprint density at radius 1 is 1.06 bits per heavy atom. The zero-order valence-electron chi connectivity index (χ0n) is 20.0. The molecule has 1 atom stereocenters. The quantitative estimate of drug-likeness (QED) is 0.323. The summed E-state index contributed by atoms with van der Waals surface area (Å²) in [6.45, 7) is 7.94. The first-order valence-electron chi connectivity index (χ1n) is 11.4. The van der Waals surface area contributed by atoms with E-state index in [-0.39, 0.29) is 17.3 Å². The van der Waals surface area contributed by atoms with Gasteiger partial charge < -0.3 is 20.7 Å². The van der Waals surface area contributed by atoms with Gasteiger partial charge in [0.25, 0.3) is 5.56 Å². The first kappa shape index (κ1) is 26.8. The molecule has 182 valence electrons. The van der Waals surface area contributed by atoms with Crippen LogP contribution in [0.2, 0.25) is 0 Å². The molecule has 6 nitrogen and oxygen atoms in total. The molecule has 0 bridgehead atoms. The van der Waals surface area contributed by atoms with Crippen molar-refractivity contribution >= 4 is 11.7 Å². The number of rotatable bonds is 10. The van der Waals surface area contributed by atoms with Gasteiger partial charge in [0.15, 0.2) is 0 Å². The average Bonchev–Trinajstić information content (AvgIpc) is 2.83. The largest absolute Gasteiger partial charge is 0.481 e. The van der Waals surface area contributed by atoms with Gasteiger partial charge in [0.05, 0.1) is 5.41 Å². The molecule has 0 saturated heterocycles. The first-order chi connectivity index (χ1) is 16.2. The van der Waals surface area contributed by atoms with Crippen molar-refractivity contribution in [1.29, 1.82) is 0 Å². The van der Waals surface area contributed by atoms with Crippen molar-refractivity contribution in [3.63, 3.8) is 0 Å². The van der Waals surface area contributed by atoms with Crippen LogP contribution in [-0.2, 0) is 10.2 Å². The highest BCUT2D eigenvalue weighted by molar-refractivity contribution is 5.80. The van der Waals surface area contributed by atoms with Gasteiger partial charge in [0, 0.05) is 19.3 Å². The number of nitrogens with one attached hydrogen (secondary N) is 3. The SMILES string of the molecule is CC(CNCCCNc1ccc[nH]c1=O)c1cccc(C(C)(C)C(=O)O)c1.Fc1ccccc1. The van der Waals surface area contributed by atoms with Crippen LogP contribution in [-0.4, -0.2) is 35.7 Å². The van der Waals surface area contributed by atoms with Crippen LogP contribution in [0.4, 0.5) is 10.1 Å². The van der Waals surface area contributed by atoms with Crippen LogP contribution in [0.15, 0.2) is 77.7 Å². The molecule has 0 radical (unpaired) electrons. The summed E-state index contributed by atoms with van der Waals surface area (Å²) in [6, 6.07) is 19.3. The van der Waals surface area contributed by atoms with E-state index in [1.165, 1.54) is 12.1 Å². The molecular weight excluding hydrogens is 433 g/mol. The molecule has 0 fully saturated rings. The van der Waals surface area contributed by atoms with Crippen molar-refractivity contribution in [3.05, 3.63) is 100 Å². The van der Waals surface area contributed by atoms with Gasteiger partial charge in [-0.2, -0.15) is 0 Å². The number of pyridine rings is 1. The lowest BCUT2D eigenvalue weighted by atomic mass is 9.83. The molecule has 0 spiro atoms. The first-order valence-corrected chi connectivity index (χ1v) is 11.4. The molecule has 1 aromatic heterocycles. The Hall–Kier alpha value is -3.45. The van der Waals surface area contributed by atoms with Gasteiger partial charge in [-0.15, -0.1) is 0 Å². The molecule has 7 heteroatoms. The molecule has 0 aliphatic carbocycles. The third-order valence-corrected chi connectivity index (χ3v) is 5.56. The van der Waals surface area contributed by atoms with Crippen molar-refractivity contribution in [2.24, 2.45) is 0 Å². The second-order valence-electron chi connectivity index (χ2n) is 8.65. The van der Waals surface area contributed by atoms with E-state index in [0.29, 0.717) is 5.69 Å². The average molecular weight is 468 g/mol. The molecule has 4 N–H and O–H groups in total. The summed E-state index contributed by atoms with van der Waals surface area (Å²) in [5, 5.41) is 16.0. The molecule has 3 aromatic rings. The maximum atomic E-state index is 11.9. The van der Waals surface area contributed by atoms with Crippen LogP contribution >= 0.6 is 0 Å². The number of carboxylic acid groups (broad SMARTS) is 1. The lowest BCUT2D eigenvalue weighted by Crippen LogP contribution is -2.29. The van der Waals surface area contributed by atoms with Gasteiger partial charge in [0.2, 0.25) is 0 Å². The van der Waals surface area contributed by atoms with E-state index >= 15 is 0 Å². The number of carboxylic acids is 1. The second-order valence-corrected chi connectivity index (χ2v) is 8.65. The maximum Gasteiger partial charge on any atom is 0.313 e. The highest BCUT2D eigenvalue weighted by Gasteiger charge is 2.29. The Morgan fingerprint density at radius 2 is 1.79 bits per heavy atom. The number of H-pyrrole nitrogens is 1. The highest BCUT2D eigenvalue weighted by Crippen LogP contribution is 2.26. The summed E-state index contributed by atoms with van der Waals surface area (Å²) in [7, 11) is 0. The summed E-state index contributed by atoms with van der Waals surface area (Å²) in [4.78, 5) is 25.7. The fourth-order valence-corrected chi connectivity index (χ4v) is 3.21. The van der Waals surface area contributed by atoms with E-state index in [4.69, 9.17) is 0 Å². The van der Waals surface area contributed by atoms with Crippen molar-refractivity contribution in [3.8, 4) is 0 Å². The molecule has 3 rings (SSSR count). The summed E-state index contributed by atoms with van der Waals surface area (Å²) < 4.78 is 11.9. The topological polar surface area (TPSA) is 94.2 Å². The lowest BCUT2D eigenvalue weighted by molar-refractivity contribution is -0.142. The number of hydrogen-bond donors (Lipinski definition) is 4. The third kappa shape index (κ3) is 8.48. The Kier molecular flexibility index (Phi) is 10.5. The number of aromatic amines is 1. The van der Waals surface area contributed by atoms with Crippen LogP contribution < -0.4 is 16.2 Å². The molecular formula is C27H34FN3O3. The minimum atomic E-state index is -0.899. The lowest BCUT2D eigenvalue weighted by Gasteiger charge is -2.22. The zero-order valence-corrected chi connectivity index (χ0v) is 20.0. The third-order valence-electron chi connectivity index (χ3n) is 5.56. The smallest absolute Gasteiger partial charge is 0.313 e. The molecule has 0 aliphatic heterocycles. The molecule has 1 heterocycles. The van der Waals surface area contributed by atoms with E-state index in [1.54, 1.807) is 50.4 Å². The predicted molar refractivity (Wildman–Crippen MR) is 135 cm³/mol. The maximum absolute atomic E-state index is 11.9. The molecule has 0 saturated carbocycles. The summed E-state index contributed by atoms with van der Waals surface area (Å²) in [5.74, 6) is -0.725. The molecule has 34 heavy (non-hydrogen) atoms. The van der Waals surface area contributed by atoms with Gasteiger partial charge in [-0.3, -0.25) is 9.59 Å². The minimum absolute atomic E-state index is 0.108. The number of carbonyl (C=O) groups is 1. The van der Waals surface area contributed by atoms with Crippen molar-refractivity contribution in [1.82, 2.24) is 10.3 Å². The summed E-state index contributed by atoms with van der Waals surface area (Å²) >= 11 is 0. The molecule has 0 amide bonds. The van der Waals surface area contributed by atoms with Gasteiger partial charge in [-0.05, 0) is 68.1 Å². The number of benzene rings is 2. The van der Waals surface area contributed by atoms with Crippen LogP contribution in [0.3, 0.4) is 0 Å². The molecule has 1 unspecified atom stereocenters. The predicted octanol–water partition coefficient (Wildman–Crippen LogP) is 4.76. The highest BCUT2D eigenvalue weighted by atomic mass is 19.1. The number of anilines is 1. The van der Waals surface area contributed by atoms with Gasteiger partial charge in [-0.25, -0.2) is 4.39 Å². The number of hydrogen-bond acceptors (Lipinski definition) is 4. The summed E-state index contributed by atoms with van der Waals surface area (Å²) in [6.07, 6.45) is 2.51. The van der Waals surface area contributed by atoms with Crippen LogP contribution in [0.5, 0.6) is 0 Å². The fourth-order valence-electron chi connectivity index (χ4n) is 3.21. The van der Waals surface area contributed by atoms with Gasteiger partial charge in [-0.1, -0.05) is 49.4 Å². The van der Waals surface area contributed by atoms with Crippen LogP contribution in [0.1, 0.15) is 44.2 Å². The van der Waals surface area contributed by atoms with Gasteiger partial charge >= 0.3 is 5.97 Å². The fraction of sp³-hybridized carbons (Fsp3) is 0.333. The Labute approximate surface area is 200 Å². The summed E-state index contributed by atoms with van der Waals surface area (Å²) in [5.41, 5.74) is 1.52. The standard InChI is InChI=1S/C21H29N3O3.C6H5F/c1-15(16-7-4-8-17(13-16)21(2,3)20(26)27)14-22-10-6-12-23-18-9-5-11-24-19(18)25;7-6-4-2-1-3-5-6/h4-5,7-9,11,13,15,22-23H,6,10,12,14H2,1-3H3,(H,24,25)(H,26,27);1-5H. The minimum Gasteiger partial charge on any atom is -0.481 e. The van der Waals surface area contributed by atoms with E-state index in [0.717, 1.165) is 37.2 Å². The van der Waals surface area contributed by atoms with Crippen LogP contribution in [0.25, 0.3) is 0 Å². The van der Waals surface area contributed by atoms with E-state index < -0.39 is 11.4 Å². The normalized spacial score (nSPS) is 11.8. The Balaban J connectivity index is 0.000000497. The number of halogens is 1. The number of aromatic nitrogens is 1. The van der Waals surface area contributed by atoms with Crippen molar-refractivity contribution < 1.29 is 14.3 Å². The number of aliphatic carboxylic acids is 1. The molecule has 2 aromatic carbocycles. The van der Waals surface area contributed by atoms with Crippen molar-refractivity contribution in [2.45, 2.75) is 38.5 Å². The van der Waals surface area contributed by atoms with E-state index in [1.807, 2.05) is 24.3 Å².